The molecule has 1 aromatic rings. The van der Waals surface area contributed by atoms with Crippen LogP contribution in [0, 0.1) is 5.41 Å². The van der Waals surface area contributed by atoms with Crippen molar-refractivity contribution in [2.45, 2.75) is 59.4 Å². The normalized spacial score (nSPS) is 12.1. The van der Waals surface area contributed by atoms with Crippen molar-refractivity contribution in [3.8, 4) is 5.75 Å². The molecule has 0 unspecified atom stereocenters. The fourth-order valence-corrected chi connectivity index (χ4v) is 2.86. The number of ether oxygens (including phenoxy) is 1. The summed E-state index contributed by atoms with van der Waals surface area (Å²) in [5.74, 6) is 0.953. The Morgan fingerprint density at radius 2 is 1.67 bits per heavy atom. The van der Waals surface area contributed by atoms with Crippen LogP contribution in [0.3, 0.4) is 0 Å². The highest BCUT2D eigenvalue weighted by atomic mass is 16.5. The van der Waals surface area contributed by atoms with Crippen LogP contribution in [-0.4, -0.2) is 18.6 Å². The summed E-state index contributed by atoms with van der Waals surface area (Å²) < 4.78 is 5.13. The third-order valence-electron chi connectivity index (χ3n) is 3.25. The van der Waals surface area contributed by atoms with Crippen LogP contribution in [0.5, 0.6) is 5.75 Å². The van der Waals surface area contributed by atoms with Crippen molar-refractivity contribution in [1.82, 2.24) is 5.32 Å². The van der Waals surface area contributed by atoms with Crippen molar-refractivity contribution >= 4 is 5.91 Å². The quantitative estimate of drug-likeness (QED) is 0.861. The lowest BCUT2D eigenvalue weighted by molar-refractivity contribution is -0.122. The largest absolute Gasteiger partial charge is 0.497 e. The van der Waals surface area contributed by atoms with Gasteiger partial charge in [0.2, 0.25) is 5.91 Å². The van der Waals surface area contributed by atoms with E-state index in [0.717, 1.165) is 24.2 Å². The van der Waals surface area contributed by atoms with Crippen LogP contribution in [0.25, 0.3) is 0 Å². The molecule has 3 nitrogen and oxygen atoms in total. The number of amides is 1. The van der Waals surface area contributed by atoms with Gasteiger partial charge in [0, 0.05) is 12.0 Å². The predicted octanol–water partition coefficient (Wildman–Crippen LogP) is 3.96. The molecule has 21 heavy (non-hydrogen) atoms. The average molecular weight is 291 g/mol. The van der Waals surface area contributed by atoms with Crippen LogP contribution in [-0.2, 0) is 11.2 Å². The highest BCUT2D eigenvalue weighted by molar-refractivity contribution is 5.77. The molecule has 118 valence electrons. The topological polar surface area (TPSA) is 38.3 Å². The number of carbonyl (C=O) groups excluding carboxylic acids is 1. The lowest BCUT2D eigenvalue weighted by atomic mass is 9.81. The van der Waals surface area contributed by atoms with Gasteiger partial charge in [-0.3, -0.25) is 4.79 Å². The van der Waals surface area contributed by atoms with Gasteiger partial charge in [0.15, 0.2) is 0 Å². The van der Waals surface area contributed by atoms with Gasteiger partial charge in [-0.05, 0) is 49.8 Å². The molecule has 0 saturated carbocycles. The highest BCUT2D eigenvalue weighted by Crippen LogP contribution is 2.26. The van der Waals surface area contributed by atoms with E-state index < -0.39 is 0 Å². The molecule has 1 N–H and O–H groups in total. The number of carbonyl (C=O) groups is 1. The van der Waals surface area contributed by atoms with Crippen molar-refractivity contribution in [2.24, 2.45) is 5.41 Å². The van der Waals surface area contributed by atoms with E-state index in [-0.39, 0.29) is 16.9 Å². The van der Waals surface area contributed by atoms with Crippen molar-refractivity contribution < 1.29 is 9.53 Å². The summed E-state index contributed by atoms with van der Waals surface area (Å²) in [6.07, 6.45) is 2.22. The number of rotatable bonds is 6. The number of benzene rings is 1. The van der Waals surface area contributed by atoms with Crippen LogP contribution in [0.1, 0.15) is 53.0 Å². The second kappa shape index (κ2) is 6.97. The molecule has 0 spiro atoms. The first-order chi connectivity index (χ1) is 9.61. The van der Waals surface area contributed by atoms with Gasteiger partial charge in [0.25, 0.3) is 0 Å². The molecule has 0 bridgehead atoms. The fraction of sp³-hybridized carbons (Fsp3) is 0.611. The molecule has 0 aliphatic heterocycles. The first-order valence-electron chi connectivity index (χ1n) is 7.55. The standard InChI is InChI=1S/C18H29NO2/c1-17(2,3)13-18(4,5)19-16(20)12-9-14-7-10-15(21-6)11-8-14/h7-8,10-11H,9,12-13H2,1-6H3,(H,19,20). The van der Waals surface area contributed by atoms with Crippen molar-refractivity contribution in [2.75, 3.05) is 7.11 Å². The molecule has 0 atom stereocenters. The smallest absolute Gasteiger partial charge is 0.220 e. The Kier molecular flexibility index (Phi) is 5.82. The molecule has 0 radical (unpaired) electrons. The Hall–Kier alpha value is -1.51. The zero-order valence-corrected chi connectivity index (χ0v) is 14.2. The molecular formula is C18H29NO2. The third kappa shape index (κ3) is 7.16. The van der Waals surface area contributed by atoms with E-state index in [1.165, 1.54) is 0 Å². The minimum Gasteiger partial charge on any atom is -0.497 e. The molecule has 1 amide bonds. The van der Waals surface area contributed by atoms with Crippen LogP contribution in [0.15, 0.2) is 24.3 Å². The number of hydrogen-bond acceptors (Lipinski definition) is 2. The Morgan fingerprint density at radius 3 is 2.14 bits per heavy atom. The lowest BCUT2D eigenvalue weighted by Gasteiger charge is -2.33. The van der Waals surface area contributed by atoms with E-state index in [0.29, 0.717) is 6.42 Å². The third-order valence-corrected chi connectivity index (χ3v) is 3.25. The molecule has 0 fully saturated rings. The predicted molar refractivity (Wildman–Crippen MR) is 87.6 cm³/mol. The van der Waals surface area contributed by atoms with E-state index in [1.54, 1.807) is 7.11 Å². The molecule has 1 aromatic carbocycles. The summed E-state index contributed by atoms with van der Waals surface area (Å²) >= 11 is 0. The van der Waals surface area contributed by atoms with Gasteiger partial charge in [-0.25, -0.2) is 0 Å². The van der Waals surface area contributed by atoms with Gasteiger partial charge in [0.05, 0.1) is 7.11 Å². The van der Waals surface area contributed by atoms with E-state index in [4.69, 9.17) is 4.74 Å². The Bertz CT molecular complexity index is 455. The summed E-state index contributed by atoms with van der Waals surface area (Å²) in [7, 11) is 1.65. The monoisotopic (exact) mass is 291 g/mol. The average Bonchev–Trinajstić information content (AvgIpc) is 2.33. The van der Waals surface area contributed by atoms with Crippen molar-refractivity contribution in [3.63, 3.8) is 0 Å². The Morgan fingerprint density at radius 1 is 1.10 bits per heavy atom. The first-order valence-corrected chi connectivity index (χ1v) is 7.55. The van der Waals surface area contributed by atoms with Crippen LogP contribution >= 0.6 is 0 Å². The summed E-state index contributed by atoms with van der Waals surface area (Å²) in [4.78, 5) is 12.1. The zero-order chi connectivity index (χ0) is 16.1. The number of aryl methyl sites for hydroxylation is 1. The highest BCUT2D eigenvalue weighted by Gasteiger charge is 2.26. The molecule has 0 aliphatic rings. The number of hydrogen-bond donors (Lipinski definition) is 1. The summed E-state index contributed by atoms with van der Waals surface area (Å²) in [5, 5.41) is 3.14. The lowest BCUT2D eigenvalue weighted by Crippen LogP contribution is -2.45. The van der Waals surface area contributed by atoms with Gasteiger partial charge in [-0.2, -0.15) is 0 Å². The van der Waals surface area contributed by atoms with E-state index in [9.17, 15) is 4.79 Å². The Labute approximate surface area is 129 Å². The van der Waals surface area contributed by atoms with Gasteiger partial charge in [0.1, 0.15) is 5.75 Å². The van der Waals surface area contributed by atoms with Crippen LogP contribution in [0.4, 0.5) is 0 Å². The zero-order valence-electron chi connectivity index (χ0n) is 14.2. The van der Waals surface area contributed by atoms with Gasteiger partial charge >= 0.3 is 0 Å². The fourth-order valence-electron chi connectivity index (χ4n) is 2.86. The molecule has 0 saturated heterocycles. The van der Waals surface area contributed by atoms with Gasteiger partial charge < -0.3 is 10.1 Å². The molecular weight excluding hydrogens is 262 g/mol. The number of nitrogens with one attached hydrogen (secondary N) is 1. The van der Waals surface area contributed by atoms with Gasteiger partial charge in [-0.15, -0.1) is 0 Å². The minimum atomic E-state index is -0.171. The molecule has 0 aromatic heterocycles. The summed E-state index contributed by atoms with van der Waals surface area (Å²) in [6.45, 7) is 10.8. The number of methoxy groups -OCH3 is 1. The Balaban J connectivity index is 2.46. The van der Waals surface area contributed by atoms with Crippen LogP contribution < -0.4 is 10.1 Å². The molecule has 1 rings (SSSR count). The maximum absolute atomic E-state index is 12.1. The van der Waals surface area contributed by atoms with E-state index in [1.807, 2.05) is 24.3 Å². The SMILES string of the molecule is COc1ccc(CCC(=O)NC(C)(C)CC(C)(C)C)cc1. The second-order valence-electron chi connectivity index (χ2n) is 7.52. The summed E-state index contributed by atoms with van der Waals surface area (Å²) in [5.41, 5.74) is 1.18. The van der Waals surface area contributed by atoms with E-state index >= 15 is 0 Å². The summed E-state index contributed by atoms with van der Waals surface area (Å²) in [6, 6.07) is 7.87. The van der Waals surface area contributed by atoms with Crippen molar-refractivity contribution in [3.05, 3.63) is 29.8 Å². The van der Waals surface area contributed by atoms with Gasteiger partial charge in [-0.1, -0.05) is 32.9 Å². The molecule has 0 aliphatic carbocycles. The first kappa shape index (κ1) is 17.5. The van der Waals surface area contributed by atoms with Crippen LogP contribution in [0.2, 0.25) is 0 Å². The maximum atomic E-state index is 12.1. The molecule has 0 heterocycles. The maximum Gasteiger partial charge on any atom is 0.220 e. The van der Waals surface area contributed by atoms with E-state index in [2.05, 4.69) is 39.9 Å². The minimum absolute atomic E-state index is 0.111. The second-order valence-corrected chi connectivity index (χ2v) is 7.52. The molecule has 3 heteroatoms. The van der Waals surface area contributed by atoms with Crippen molar-refractivity contribution in [1.29, 1.82) is 0 Å².